The van der Waals surface area contributed by atoms with Crippen LogP contribution in [0.3, 0.4) is 0 Å². The Morgan fingerprint density at radius 1 is 1.10 bits per heavy atom. The van der Waals surface area contributed by atoms with E-state index >= 15 is 0 Å². The SMILES string of the molecule is Nc1nccn2c([C@@H]3CC[C@@H]4CC(O)C(=O)N4C3)nc(-c3ccc(C(=O)Nc4cc(C(F)(F)F)ccn4)cc3)c12. The first-order chi connectivity index (χ1) is 19.1. The summed E-state index contributed by atoms with van der Waals surface area (Å²) in [4.78, 5) is 39.8. The number of hydrogen-bond acceptors (Lipinski definition) is 7. The van der Waals surface area contributed by atoms with E-state index in [-0.39, 0.29) is 35.1 Å². The number of amides is 2. The molecule has 2 aliphatic rings. The van der Waals surface area contributed by atoms with E-state index in [1.54, 1.807) is 29.4 Å². The molecule has 40 heavy (non-hydrogen) atoms. The lowest BCUT2D eigenvalue weighted by atomic mass is 9.92. The molecule has 2 saturated heterocycles. The lowest BCUT2D eigenvalue weighted by Crippen LogP contribution is -2.42. The van der Waals surface area contributed by atoms with Gasteiger partial charge >= 0.3 is 6.18 Å². The van der Waals surface area contributed by atoms with Crippen LogP contribution in [0.1, 0.15) is 46.9 Å². The quantitative estimate of drug-likeness (QED) is 0.353. The highest BCUT2D eigenvalue weighted by Gasteiger charge is 2.43. The summed E-state index contributed by atoms with van der Waals surface area (Å²) in [5.74, 6) is -0.209. The van der Waals surface area contributed by atoms with E-state index in [1.807, 2.05) is 4.40 Å². The predicted octanol–water partition coefficient (Wildman–Crippen LogP) is 3.48. The number of nitrogens with one attached hydrogen (secondary N) is 1. The van der Waals surface area contributed by atoms with Gasteiger partial charge in [-0.15, -0.1) is 0 Å². The molecule has 0 saturated carbocycles. The molecule has 2 aliphatic heterocycles. The van der Waals surface area contributed by atoms with Crippen molar-refractivity contribution in [2.45, 2.75) is 43.5 Å². The first-order valence-corrected chi connectivity index (χ1v) is 12.7. The highest BCUT2D eigenvalue weighted by molar-refractivity contribution is 6.04. The number of aliphatic hydroxyl groups is 1. The summed E-state index contributed by atoms with van der Waals surface area (Å²) in [5, 5.41) is 12.4. The van der Waals surface area contributed by atoms with Gasteiger partial charge in [0.2, 0.25) is 0 Å². The summed E-state index contributed by atoms with van der Waals surface area (Å²) in [7, 11) is 0. The number of halogens is 3. The maximum Gasteiger partial charge on any atom is 0.416 e. The first-order valence-electron chi connectivity index (χ1n) is 12.7. The second-order valence-electron chi connectivity index (χ2n) is 9.98. The molecule has 10 nitrogen and oxygen atoms in total. The molecule has 4 N–H and O–H groups in total. The number of nitrogens with two attached hydrogens (primary N) is 1. The average molecular weight is 552 g/mol. The fraction of sp³-hybridized carbons (Fsp3) is 0.296. The van der Waals surface area contributed by atoms with Gasteiger partial charge in [0.15, 0.2) is 0 Å². The van der Waals surface area contributed by atoms with Crippen molar-refractivity contribution >= 4 is 29.0 Å². The second kappa shape index (κ2) is 9.59. The van der Waals surface area contributed by atoms with Crippen LogP contribution in [0, 0.1) is 0 Å². The maximum atomic E-state index is 13.0. The zero-order valence-corrected chi connectivity index (χ0v) is 21.0. The Kier molecular flexibility index (Phi) is 6.17. The van der Waals surface area contributed by atoms with Gasteiger partial charge in [-0.2, -0.15) is 13.2 Å². The van der Waals surface area contributed by atoms with Crippen LogP contribution in [0.15, 0.2) is 55.0 Å². The largest absolute Gasteiger partial charge is 0.416 e. The Bertz CT molecular complexity index is 1620. The summed E-state index contributed by atoms with van der Waals surface area (Å²) in [6.07, 6.45) is 0.772. The van der Waals surface area contributed by atoms with E-state index in [1.165, 1.54) is 12.1 Å². The molecule has 3 atom stereocenters. The van der Waals surface area contributed by atoms with Crippen molar-refractivity contribution in [3.05, 3.63) is 71.9 Å². The number of aliphatic hydroxyl groups excluding tert-OH is 1. The third-order valence-corrected chi connectivity index (χ3v) is 7.49. The number of aromatic nitrogens is 4. The fourth-order valence-electron chi connectivity index (χ4n) is 5.52. The Balaban J connectivity index is 1.28. The van der Waals surface area contributed by atoms with E-state index < -0.39 is 23.8 Å². The minimum atomic E-state index is -4.56. The number of nitrogens with zero attached hydrogens (tertiary/aromatic N) is 5. The Hall–Kier alpha value is -4.52. The number of pyridine rings is 1. The Labute approximate surface area is 225 Å². The monoisotopic (exact) mass is 551 g/mol. The molecule has 1 aromatic carbocycles. The first kappa shape index (κ1) is 25.7. The molecule has 1 unspecified atom stereocenters. The fourth-order valence-corrected chi connectivity index (χ4v) is 5.52. The summed E-state index contributed by atoms with van der Waals surface area (Å²) in [6.45, 7) is 0.435. The molecule has 6 rings (SSSR count). The van der Waals surface area contributed by atoms with Gasteiger partial charge in [0.25, 0.3) is 11.8 Å². The maximum absolute atomic E-state index is 13.0. The van der Waals surface area contributed by atoms with Crippen molar-refractivity contribution < 1.29 is 27.9 Å². The number of carbonyl (C=O) groups excluding carboxylic acids is 2. The van der Waals surface area contributed by atoms with Gasteiger partial charge in [0, 0.05) is 54.6 Å². The molecule has 206 valence electrons. The number of hydrogen-bond donors (Lipinski definition) is 3. The summed E-state index contributed by atoms with van der Waals surface area (Å²) < 4.78 is 40.8. The van der Waals surface area contributed by atoms with E-state index in [0.29, 0.717) is 35.6 Å². The Morgan fingerprint density at radius 3 is 2.62 bits per heavy atom. The molecular weight excluding hydrogens is 527 g/mol. The number of carbonyl (C=O) groups is 2. The zero-order valence-electron chi connectivity index (χ0n) is 21.0. The average Bonchev–Trinajstić information content (AvgIpc) is 3.46. The smallest absolute Gasteiger partial charge is 0.383 e. The number of nitrogen functional groups attached to an aromatic ring is 1. The van der Waals surface area contributed by atoms with Crippen LogP contribution in [0.2, 0.25) is 0 Å². The standard InChI is InChI=1S/C27H24F3N7O3/c28-27(29,30)17-7-8-32-20(11-17)34-25(39)15-3-1-14(2-4-15)21-22-23(31)33-9-10-36(22)24(35-21)16-5-6-18-12-19(38)26(40)37(18)13-16/h1-4,7-11,16,18-19,38H,5-6,12-13H2,(H2,31,33)(H,32,34,39)/t16-,18-,19?/m1/s1. The van der Waals surface area contributed by atoms with Crippen molar-refractivity contribution in [2.75, 3.05) is 17.6 Å². The minimum Gasteiger partial charge on any atom is -0.383 e. The lowest BCUT2D eigenvalue weighted by Gasteiger charge is -2.34. The summed E-state index contributed by atoms with van der Waals surface area (Å²) in [5.41, 5.74) is 7.32. The second-order valence-corrected chi connectivity index (χ2v) is 9.98. The third kappa shape index (κ3) is 4.51. The number of piperidine rings is 1. The molecule has 13 heteroatoms. The van der Waals surface area contributed by atoms with Crippen molar-refractivity contribution in [3.63, 3.8) is 0 Å². The van der Waals surface area contributed by atoms with E-state index in [0.717, 1.165) is 31.2 Å². The lowest BCUT2D eigenvalue weighted by molar-refractivity contribution is -0.137. The van der Waals surface area contributed by atoms with Gasteiger partial charge in [0.1, 0.15) is 34.8 Å². The molecule has 0 radical (unpaired) electrons. The van der Waals surface area contributed by atoms with Crippen LogP contribution in [0.4, 0.5) is 24.8 Å². The van der Waals surface area contributed by atoms with E-state index in [4.69, 9.17) is 10.7 Å². The number of fused-ring (bicyclic) bond motifs is 2. The van der Waals surface area contributed by atoms with Crippen LogP contribution in [0.25, 0.3) is 16.8 Å². The number of rotatable bonds is 4. The molecule has 3 aromatic heterocycles. The molecule has 0 aliphatic carbocycles. The molecule has 2 amide bonds. The molecular formula is C27H24F3N7O3. The highest BCUT2D eigenvalue weighted by Crippen LogP contribution is 2.38. The number of alkyl halides is 3. The van der Waals surface area contributed by atoms with Crippen LogP contribution >= 0.6 is 0 Å². The van der Waals surface area contributed by atoms with Crippen LogP contribution in [-0.4, -0.2) is 59.9 Å². The summed E-state index contributed by atoms with van der Waals surface area (Å²) in [6, 6.07) is 8.03. The normalized spacial score (nSPS) is 21.1. The van der Waals surface area contributed by atoms with Crippen LogP contribution < -0.4 is 11.1 Å². The van der Waals surface area contributed by atoms with Gasteiger partial charge in [-0.05, 0) is 37.1 Å². The van der Waals surface area contributed by atoms with Crippen molar-refractivity contribution in [1.29, 1.82) is 0 Å². The van der Waals surface area contributed by atoms with Crippen LogP contribution in [-0.2, 0) is 11.0 Å². The van der Waals surface area contributed by atoms with E-state index in [2.05, 4.69) is 15.3 Å². The third-order valence-electron chi connectivity index (χ3n) is 7.49. The van der Waals surface area contributed by atoms with Gasteiger partial charge in [-0.3, -0.25) is 14.0 Å². The summed E-state index contributed by atoms with van der Waals surface area (Å²) >= 11 is 0. The van der Waals surface area contributed by atoms with Crippen molar-refractivity contribution in [3.8, 4) is 11.3 Å². The molecule has 0 bridgehead atoms. The molecule has 0 spiro atoms. The Morgan fingerprint density at radius 2 is 1.88 bits per heavy atom. The molecule has 2 fully saturated rings. The predicted molar refractivity (Wildman–Crippen MR) is 138 cm³/mol. The number of benzene rings is 1. The minimum absolute atomic E-state index is 0.0287. The van der Waals surface area contributed by atoms with Crippen molar-refractivity contribution in [1.82, 2.24) is 24.3 Å². The molecule has 4 aromatic rings. The van der Waals surface area contributed by atoms with Gasteiger partial charge in [-0.1, -0.05) is 12.1 Å². The van der Waals surface area contributed by atoms with E-state index in [9.17, 15) is 27.9 Å². The van der Waals surface area contributed by atoms with Crippen LogP contribution in [0.5, 0.6) is 0 Å². The van der Waals surface area contributed by atoms with Crippen molar-refractivity contribution in [2.24, 2.45) is 0 Å². The van der Waals surface area contributed by atoms with Gasteiger partial charge in [-0.25, -0.2) is 15.0 Å². The number of imidazole rings is 1. The highest BCUT2D eigenvalue weighted by atomic mass is 19.4. The zero-order chi connectivity index (χ0) is 28.2. The van der Waals surface area contributed by atoms with Gasteiger partial charge < -0.3 is 21.1 Å². The van der Waals surface area contributed by atoms with Gasteiger partial charge in [0.05, 0.1) is 5.56 Å². The number of anilines is 2. The topological polar surface area (TPSA) is 139 Å². The molecule has 5 heterocycles.